The van der Waals surface area contributed by atoms with E-state index in [1.807, 2.05) is 23.1 Å². The van der Waals surface area contributed by atoms with Crippen LogP contribution in [0.1, 0.15) is 12.5 Å². The SMILES string of the molecule is CC(=O)N1CCN(Cc2ccccc2N)CC1. The van der Waals surface area contributed by atoms with Crippen molar-refractivity contribution in [2.45, 2.75) is 13.5 Å². The first-order chi connectivity index (χ1) is 8.16. The maximum atomic E-state index is 11.2. The van der Waals surface area contributed by atoms with Gasteiger partial charge in [0.05, 0.1) is 0 Å². The summed E-state index contributed by atoms with van der Waals surface area (Å²) in [6.45, 7) is 6.00. The van der Waals surface area contributed by atoms with Crippen molar-refractivity contribution in [1.29, 1.82) is 0 Å². The van der Waals surface area contributed by atoms with Crippen molar-refractivity contribution in [3.63, 3.8) is 0 Å². The highest BCUT2D eigenvalue weighted by Crippen LogP contribution is 2.14. The number of amides is 1. The molecule has 4 nitrogen and oxygen atoms in total. The lowest BCUT2D eigenvalue weighted by Gasteiger charge is -2.34. The fourth-order valence-corrected chi connectivity index (χ4v) is 2.14. The summed E-state index contributed by atoms with van der Waals surface area (Å²) in [5, 5.41) is 0. The van der Waals surface area contributed by atoms with Gasteiger partial charge >= 0.3 is 0 Å². The predicted molar refractivity (Wildman–Crippen MR) is 68.4 cm³/mol. The van der Waals surface area contributed by atoms with E-state index in [-0.39, 0.29) is 5.91 Å². The quantitative estimate of drug-likeness (QED) is 0.773. The molecule has 1 fully saturated rings. The monoisotopic (exact) mass is 233 g/mol. The molecule has 0 bridgehead atoms. The number of nitrogen functional groups attached to an aromatic ring is 1. The molecule has 0 radical (unpaired) electrons. The molecule has 0 spiro atoms. The van der Waals surface area contributed by atoms with E-state index >= 15 is 0 Å². The summed E-state index contributed by atoms with van der Waals surface area (Å²) in [7, 11) is 0. The molecule has 0 unspecified atom stereocenters. The Kier molecular flexibility index (Phi) is 3.64. The third-order valence-corrected chi connectivity index (χ3v) is 3.27. The molecule has 1 saturated heterocycles. The van der Waals surface area contributed by atoms with E-state index in [1.54, 1.807) is 6.92 Å². The highest BCUT2D eigenvalue weighted by molar-refractivity contribution is 5.73. The standard InChI is InChI=1S/C13H19N3O/c1-11(17)16-8-6-15(7-9-16)10-12-4-2-3-5-13(12)14/h2-5H,6-10,14H2,1H3. The Morgan fingerprint density at radius 3 is 2.47 bits per heavy atom. The van der Waals surface area contributed by atoms with Gasteiger partial charge in [0, 0.05) is 45.3 Å². The second-order valence-electron chi connectivity index (χ2n) is 4.48. The smallest absolute Gasteiger partial charge is 0.219 e. The van der Waals surface area contributed by atoms with E-state index < -0.39 is 0 Å². The molecule has 1 aliphatic rings. The lowest BCUT2D eigenvalue weighted by Crippen LogP contribution is -2.47. The van der Waals surface area contributed by atoms with E-state index in [0.29, 0.717) is 0 Å². The second-order valence-corrected chi connectivity index (χ2v) is 4.48. The molecule has 0 aromatic heterocycles. The fourth-order valence-electron chi connectivity index (χ4n) is 2.14. The number of para-hydroxylation sites is 1. The number of hydrogen-bond donors (Lipinski definition) is 1. The first kappa shape index (κ1) is 11.9. The van der Waals surface area contributed by atoms with Gasteiger partial charge < -0.3 is 10.6 Å². The van der Waals surface area contributed by atoms with Gasteiger partial charge in [-0.2, -0.15) is 0 Å². The largest absolute Gasteiger partial charge is 0.398 e. The second kappa shape index (κ2) is 5.19. The van der Waals surface area contributed by atoms with Crippen molar-refractivity contribution >= 4 is 11.6 Å². The number of nitrogens with two attached hydrogens (primary N) is 1. The van der Waals surface area contributed by atoms with E-state index in [4.69, 9.17) is 5.73 Å². The maximum Gasteiger partial charge on any atom is 0.219 e. The molecule has 2 rings (SSSR count). The zero-order valence-electron chi connectivity index (χ0n) is 10.2. The highest BCUT2D eigenvalue weighted by Gasteiger charge is 2.18. The summed E-state index contributed by atoms with van der Waals surface area (Å²) in [6.07, 6.45) is 0. The Hall–Kier alpha value is -1.55. The van der Waals surface area contributed by atoms with Crippen LogP contribution in [-0.4, -0.2) is 41.9 Å². The van der Waals surface area contributed by atoms with E-state index in [1.165, 1.54) is 5.56 Å². The molecule has 0 aliphatic carbocycles. The molecule has 1 heterocycles. The van der Waals surface area contributed by atoms with Crippen LogP contribution in [0.25, 0.3) is 0 Å². The van der Waals surface area contributed by atoms with Crippen LogP contribution in [0.4, 0.5) is 5.69 Å². The van der Waals surface area contributed by atoms with Crippen molar-refractivity contribution in [1.82, 2.24) is 9.80 Å². The van der Waals surface area contributed by atoms with Gasteiger partial charge in [0.1, 0.15) is 0 Å². The van der Waals surface area contributed by atoms with Crippen LogP contribution < -0.4 is 5.73 Å². The van der Waals surface area contributed by atoms with Crippen molar-refractivity contribution < 1.29 is 4.79 Å². The molecule has 1 aromatic rings. The zero-order chi connectivity index (χ0) is 12.3. The molecule has 17 heavy (non-hydrogen) atoms. The minimum absolute atomic E-state index is 0.170. The number of carbonyl (C=O) groups excluding carboxylic acids is 1. The molecule has 2 N–H and O–H groups in total. The fraction of sp³-hybridized carbons (Fsp3) is 0.462. The maximum absolute atomic E-state index is 11.2. The predicted octanol–water partition coefficient (Wildman–Crippen LogP) is 0.933. The first-order valence-corrected chi connectivity index (χ1v) is 5.98. The summed E-state index contributed by atoms with van der Waals surface area (Å²) < 4.78 is 0. The summed E-state index contributed by atoms with van der Waals surface area (Å²) in [6, 6.07) is 7.96. The number of nitrogens with zero attached hydrogens (tertiary/aromatic N) is 2. The van der Waals surface area contributed by atoms with Gasteiger partial charge in [0.15, 0.2) is 0 Å². The number of piperazine rings is 1. The lowest BCUT2D eigenvalue weighted by atomic mass is 10.1. The van der Waals surface area contributed by atoms with Gasteiger partial charge in [0.2, 0.25) is 5.91 Å². The third kappa shape index (κ3) is 2.97. The van der Waals surface area contributed by atoms with Crippen LogP contribution in [0.5, 0.6) is 0 Å². The Bertz CT molecular complexity index is 397. The average Bonchev–Trinajstić information content (AvgIpc) is 2.33. The molecule has 1 aromatic carbocycles. The first-order valence-electron chi connectivity index (χ1n) is 5.98. The van der Waals surface area contributed by atoms with Crippen molar-refractivity contribution in [2.75, 3.05) is 31.9 Å². The van der Waals surface area contributed by atoms with Crippen LogP contribution in [0.3, 0.4) is 0 Å². The van der Waals surface area contributed by atoms with Crippen LogP contribution in [0.2, 0.25) is 0 Å². The summed E-state index contributed by atoms with van der Waals surface area (Å²) in [4.78, 5) is 15.4. The van der Waals surface area contributed by atoms with Crippen molar-refractivity contribution in [2.24, 2.45) is 0 Å². The molecule has 0 atom stereocenters. The molecule has 92 valence electrons. The zero-order valence-corrected chi connectivity index (χ0v) is 10.2. The van der Waals surface area contributed by atoms with E-state index in [2.05, 4.69) is 11.0 Å². The van der Waals surface area contributed by atoms with Gasteiger partial charge in [-0.25, -0.2) is 0 Å². The molecule has 1 amide bonds. The molecule has 1 aliphatic heterocycles. The Morgan fingerprint density at radius 2 is 1.88 bits per heavy atom. The van der Waals surface area contributed by atoms with Crippen molar-refractivity contribution in [3.05, 3.63) is 29.8 Å². The van der Waals surface area contributed by atoms with Crippen LogP contribution >= 0.6 is 0 Å². The van der Waals surface area contributed by atoms with Crippen LogP contribution in [0.15, 0.2) is 24.3 Å². The van der Waals surface area contributed by atoms with Gasteiger partial charge in [0.25, 0.3) is 0 Å². The van der Waals surface area contributed by atoms with Crippen LogP contribution in [-0.2, 0) is 11.3 Å². The summed E-state index contributed by atoms with van der Waals surface area (Å²) in [5.74, 6) is 0.170. The minimum Gasteiger partial charge on any atom is -0.398 e. The van der Waals surface area contributed by atoms with Gasteiger partial charge in [-0.3, -0.25) is 9.69 Å². The normalized spacial score (nSPS) is 17.1. The summed E-state index contributed by atoms with van der Waals surface area (Å²) in [5.41, 5.74) is 7.94. The number of anilines is 1. The number of hydrogen-bond acceptors (Lipinski definition) is 3. The number of benzene rings is 1. The molecule has 0 saturated carbocycles. The molecule has 4 heteroatoms. The Morgan fingerprint density at radius 1 is 1.24 bits per heavy atom. The van der Waals surface area contributed by atoms with Crippen LogP contribution in [0, 0.1) is 0 Å². The van der Waals surface area contributed by atoms with E-state index in [9.17, 15) is 4.79 Å². The average molecular weight is 233 g/mol. The topological polar surface area (TPSA) is 49.6 Å². The summed E-state index contributed by atoms with van der Waals surface area (Å²) >= 11 is 0. The van der Waals surface area contributed by atoms with Crippen molar-refractivity contribution in [3.8, 4) is 0 Å². The molecular formula is C13H19N3O. The van der Waals surface area contributed by atoms with E-state index in [0.717, 1.165) is 38.4 Å². The van der Waals surface area contributed by atoms with Gasteiger partial charge in [-0.05, 0) is 11.6 Å². The minimum atomic E-state index is 0.170. The Balaban J connectivity index is 1.90. The van der Waals surface area contributed by atoms with Gasteiger partial charge in [-0.1, -0.05) is 18.2 Å². The molecular weight excluding hydrogens is 214 g/mol. The van der Waals surface area contributed by atoms with Gasteiger partial charge in [-0.15, -0.1) is 0 Å². The lowest BCUT2D eigenvalue weighted by molar-refractivity contribution is -0.130. The highest BCUT2D eigenvalue weighted by atomic mass is 16.2. The Labute approximate surface area is 102 Å². The number of carbonyl (C=O) groups is 1. The number of rotatable bonds is 2. The third-order valence-electron chi connectivity index (χ3n) is 3.27.